The van der Waals surface area contributed by atoms with Gasteiger partial charge < -0.3 is 5.32 Å². The van der Waals surface area contributed by atoms with Crippen LogP contribution in [0.3, 0.4) is 0 Å². The van der Waals surface area contributed by atoms with Gasteiger partial charge >= 0.3 is 0 Å². The van der Waals surface area contributed by atoms with E-state index in [2.05, 4.69) is 15.8 Å². The van der Waals surface area contributed by atoms with Gasteiger partial charge in [0.2, 0.25) is 0 Å². The third-order valence-electron chi connectivity index (χ3n) is 2.58. The van der Waals surface area contributed by atoms with Gasteiger partial charge in [0, 0.05) is 12.3 Å². The lowest BCUT2D eigenvalue weighted by atomic mass is 9.99. The molecule has 1 aliphatic carbocycles. The Balaban J connectivity index is 2.31. The number of thiocarbonyl (C=S) groups is 1. The summed E-state index contributed by atoms with van der Waals surface area (Å²) in [5.41, 5.74) is 4.18. The summed E-state index contributed by atoms with van der Waals surface area (Å²) in [6.45, 7) is 2.87. The number of nitrogens with one attached hydrogen (secondary N) is 2. The standard InChI is InChI=1S/C11H21N3S/c1-2-12-11(15)14-13-10-8-6-4-3-5-7-9-10/h2-9H2,1H3,(H2,12,14,15). The van der Waals surface area contributed by atoms with Crippen LogP contribution >= 0.6 is 12.2 Å². The minimum absolute atomic E-state index is 0.632. The quantitative estimate of drug-likeness (QED) is 0.562. The van der Waals surface area contributed by atoms with Gasteiger partial charge in [-0.3, -0.25) is 5.43 Å². The summed E-state index contributed by atoms with van der Waals surface area (Å²) in [5.74, 6) is 0. The van der Waals surface area contributed by atoms with Gasteiger partial charge in [-0.25, -0.2) is 0 Å². The lowest BCUT2D eigenvalue weighted by Crippen LogP contribution is -2.32. The zero-order valence-corrected chi connectivity index (χ0v) is 10.3. The molecule has 0 saturated heterocycles. The molecule has 0 heterocycles. The maximum absolute atomic E-state index is 5.05. The highest BCUT2D eigenvalue weighted by molar-refractivity contribution is 7.80. The number of nitrogens with zero attached hydrogens (tertiary/aromatic N) is 1. The highest BCUT2D eigenvalue weighted by Gasteiger charge is 2.04. The van der Waals surface area contributed by atoms with Crippen molar-refractivity contribution in [1.82, 2.24) is 10.7 Å². The molecule has 0 aromatic heterocycles. The molecule has 0 aromatic carbocycles. The predicted molar refractivity (Wildman–Crippen MR) is 69.2 cm³/mol. The molecule has 1 aliphatic rings. The molecular weight excluding hydrogens is 206 g/mol. The highest BCUT2D eigenvalue weighted by Crippen LogP contribution is 2.14. The van der Waals surface area contributed by atoms with E-state index < -0.39 is 0 Å². The van der Waals surface area contributed by atoms with Crippen molar-refractivity contribution in [2.24, 2.45) is 5.10 Å². The molecule has 15 heavy (non-hydrogen) atoms. The molecule has 0 aromatic rings. The van der Waals surface area contributed by atoms with Crippen LogP contribution in [0.15, 0.2) is 5.10 Å². The number of rotatable bonds is 2. The summed E-state index contributed by atoms with van der Waals surface area (Å²) in [4.78, 5) is 0. The van der Waals surface area contributed by atoms with E-state index in [9.17, 15) is 0 Å². The van der Waals surface area contributed by atoms with Crippen LogP contribution in [0.25, 0.3) is 0 Å². The van der Waals surface area contributed by atoms with E-state index in [0.29, 0.717) is 5.11 Å². The first-order chi connectivity index (χ1) is 7.33. The molecule has 1 rings (SSSR count). The molecule has 4 heteroatoms. The third-order valence-corrected chi connectivity index (χ3v) is 2.82. The van der Waals surface area contributed by atoms with Crippen molar-refractivity contribution < 1.29 is 0 Å². The topological polar surface area (TPSA) is 36.4 Å². The fraction of sp³-hybridized carbons (Fsp3) is 0.818. The first kappa shape index (κ1) is 12.4. The Morgan fingerprint density at radius 2 is 1.80 bits per heavy atom. The molecule has 3 nitrogen and oxygen atoms in total. The van der Waals surface area contributed by atoms with E-state index in [0.717, 1.165) is 19.4 Å². The Kier molecular flexibility index (Phi) is 6.32. The first-order valence-corrected chi connectivity index (χ1v) is 6.33. The Labute approximate surface area is 97.7 Å². The van der Waals surface area contributed by atoms with E-state index in [-0.39, 0.29) is 0 Å². The van der Waals surface area contributed by atoms with Gasteiger partial charge in [0.15, 0.2) is 5.11 Å². The van der Waals surface area contributed by atoms with Gasteiger partial charge in [-0.1, -0.05) is 19.3 Å². The Hall–Kier alpha value is -0.640. The zero-order valence-electron chi connectivity index (χ0n) is 9.51. The van der Waals surface area contributed by atoms with Crippen molar-refractivity contribution in [1.29, 1.82) is 0 Å². The summed E-state index contributed by atoms with van der Waals surface area (Å²) in [7, 11) is 0. The highest BCUT2D eigenvalue weighted by atomic mass is 32.1. The maximum Gasteiger partial charge on any atom is 0.186 e. The van der Waals surface area contributed by atoms with Crippen molar-refractivity contribution in [3.05, 3.63) is 0 Å². The Morgan fingerprint density at radius 3 is 2.40 bits per heavy atom. The second-order valence-corrected chi connectivity index (χ2v) is 4.33. The molecule has 2 N–H and O–H groups in total. The van der Waals surface area contributed by atoms with Crippen LogP contribution in [-0.4, -0.2) is 17.4 Å². The van der Waals surface area contributed by atoms with Crippen molar-refractivity contribution >= 4 is 23.0 Å². The molecule has 0 bridgehead atoms. The minimum atomic E-state index is 0.632. The first-order valence-electron chi connectivity index (χ1n) is 5.92. The molecular formula is C11H21N3S. The molecule has 1 fully saturated rings. The van der Waals surface area contributed by atoms with Crippen LogP contribution < -0.4 is 10.7 Å². The van der Waals surface area contributed by atoms with Crippen LogP contribution in [0.1, 0.15) is 51.9 Å². The second-order valence-electron chi connectivity index (χ2n) is 3.92. The van der Waals surface area contributed by atoms with Crippen molar-refractivity contribution in [2.45, 2.75) is 51.9 Å². The van der Waals surface area contributed by atoms with Gasteiger partial charge in [0.25, 0.3) is 0 Å². The predicted octanol–water partition coefficient (Wildman–Crippen LogP) is 2.57. The average Bonchev–Trinajstić information content (AvgIpc) is 2.16. The van der Waals surface area contributed by atoms with Crippen molar-refractivity contribution in [3.8, 4) is 0 Å². The van der Waals surface area contributed by atoms with Crippen LogP contribution in [0.4, 0.5) is 0 Å². The second kappa shape index (κ2) is 7.63. The Bertz CT molecular complexity index is 216. The molecule has 0 unspecified atom stereocenters. The fourth-order valence-corrected chi connectivity index (χ4v) is 1.95. The van der Waals surface area contributed by atoms with E-state index in [1.807, 2.05) is 6.92 Å². The normalized spacial score (nSPS) is 17.5. The van der Waals surface area contributed by atoms with Crippen molar-refractivity contribution in [3.63, 3.8) is 0 Å². The summed E-state index contributed by atoms with van der Waals surface area (Å²) < 4.78 is 0. The van der Waals surface area contributed by atoms with Crippen LogP contribution in [0, 0.1) is 0 Å². The molecule has 0 aliphatic heterocycles. The monoisotopic (exact) mass is 227 g/mol. The molecule has 0 atom stereocenters. The summed E-state index contributed by atoms with van der Waals surface area (Å²) >= 11 is 5.05. The summed E-state index contributed by atoms with van der Waals surface area (Å²) in [6.07, 6.45) is 8.87. The van der Waals surface area contributed by atoms with E-state index >= 15 is 0 Å². The zero-order chi connectivity index (χ0) is 10.9. The summed E-state index contributed by atoms with van der Waals surface area (Å²) in [6, 6.07) is 0. The molecule has 0 spiro atoms. The van der Waals surface area contributed by atoms with Crippen LogP contribution in [-0.2, 0) is 0 Å². The van der Waals surface area contributed by atoms with E-state index in [4.69, 9.17) is 12.2 Å². The van der Waals surface area contributed by atoms with Gasteiger partial charge in [-0.15, -0.1) is 0 Å². The fourth-order valence-electron chi connectivity index (χ4n) is 1.76. The van der Waals surface area contributed by atoms with E-state index in [1.165, 1.54) is 37.8 Å². The lowest BCUT2D eigenvalue weighted by molar-refractivity contribution is 0.604. The molecule has 1 saturated carbocycles. The van der Waals surface area contributed by atoms with Crippen LogP contribution in [0.5, 0.6) is 0 Å². The number of hydrogen-bond acceptors (Lipinski definition) is 2. The maximum atomic E-state index is 5.05. The SMILES string of the molecule is CCNC(=S)NN=C1CCCCCCC1. The molecule has 0 amide bonds. The largest absolute Gasteiger partial charge is 0.362 e. The van der Waals surface area contributed by atoms with Crippen LogP contribution in [0.2, 0.25) is 0 Å². The number of hydrazone groups is 1. The molecule has 86 valence electrons. The molecule has 0 radical (unpaired) electrons. The average molecular weight is 227 g/mol. The van der Waals surface area contributed by atoms with Gasteiger partial charge in [0.05, 0.1) is 0 Å². The summed E-state index contributed by atoms with van der Waals surface area (Å²) in [5, 5.41) is 8.02. The number of hydrogen-bond donors (Lipinski definition) is 2. The van der Waals surface area contributed by atoms with Crippen molar-refractivity contribution in [2.75, 3.05) is 6.54 Å². The van der Waals surface area contributed by atoms with Gasteiger partial charge in [-0.05, 0) is 44.8 Å². The van der Waals surface area contributed by atoms with Gasteiger partial charge in [-0.2, -0.15) is 5.10 Å². The lowest BCUT2D eigenvalue weighted by Gasteiger charge is -2.11. The Morgan fingerprint density at radius 1 is 1.20 bits per heavy atom. The third kappa shape index (κ3) is 5.72. The smallest absolute Gasteiger partial charge is 0.186 e. The van der Waals surface area contributed by atoms with E-state index in [1.54, 1.807) is 0 Å². The minimum Gasteiger partial charge on any atom is -0.362 e. The van der Waals surface area contributed by atoms with Gasteiger partial charge in [0.1, 0.15) is 0 Å².